The molecule has 0 saturated heterocycles. The largest absolute Gasteiger partial charge is 0.508 e. The molecule has 22 heavy (non-hydrogen) atoms. The third-order valence-corrected chi connectivity index (χ3v) is 3.22. The second kappa shape index (κ2) is 5.69. The zero-order chi connectivity index (χ0) is 15.5. The fourth-order valence-corrected chi connectivity index (χ4v) is 2.09. The Kier molecular flexibility index (Phi) is 3.58. The molecule has 1 N–H and O–H groups in total. The van der Waals surface area contributed by atoms with Crippen molar-refractivity contribution in [1.29, 1.82) is 0 Å². The van der Waals surface area contributed by atoms with Crippen molar-refractivity contribution >= 4 is 22.8 Å². The SMILES string of the molecule is O=C(C=Cc1ccc2oc(=O)ccc2c1)c1ccc(O)cc1. The maximum Gasteiger partial charge on any atom is 0.336 e. The topological polar surface area (TPSA) is 67.5 Å². The highest BCUT2D eigenvalue weighted by Crippen LogP contribution is 2.16. The van der Waals surface area contributed by atoms with Gasteiger partial charge in [-0.15, -0.1) is 0 Å². The van der Waals surface area contributed by atoms with Crippen LogP contribution in [0.1, 0.15) is 15.9 Å². The molecule has 4 heteroatoms. The molecule has 0 amide bonds. The minimum Gasteiger partial charge on any atom is -0.508 e. The average Bonchev–Trinajstić information content (AvgIpc) is 2.53. The number of ketones is 1. The minimum absolute atomic E-state index is 0.122. The van der Waals surface area contributed by atoms with Crippen molar-refractivity contribution in [2.24, 2.45) is 0 Å². The molecule has 0 radical (unpaired) electrons. The molecule has 0 aliphatic carbocycles. The molecule has 0 bridgehead atoms. The first-order chi connectivity index (χ1) is 10.6. The van der Waals surface area contributed by atoms with Gasteiger partial charge in [-0.2, -0.15) is 0 Å². The fraction of sp³-hybridized carbons (Fsp3) is 0. The predicted octanol–water partition coefficient (Wildman–Crippen LogP) is 3.39. The summed E-state index contributed by atoms with van der Waals surface area (Å²) in [5.74, 6) is -0.0313. The zero-order valence-corrected chi connectivity index (χ0v) is 11.5. The lowest BCUT2D eigenvalue weighted by atomic mass is 10.1. The summed E-state index contributed by atoms with van der Waals surface area (Å²) in [7, 11) is 0. The Morgan fingerprint density at radius 1 is 1.00 bits per heavy atom. The van der Waals surface area contributed by atoms with Crippen LogP contribution >= 0.6 is 0 Å². The highest BCUT2D eigenvalue weighted by molar-refractivity contribution is 6.07. The minimum atomic E-state index is -0.390. The summed E-state index contributed by atoms with van der Waals surface area (Å²) in [6.07, 6.45) is 3.16. The van der Waals surface area contributed by atoms with Gasteiger partial charge in [-0.05, 0) is 54.1 Å². The Balaban J connectivity index is 1.85. The van der Waals surface area contributed by atoms with Crippen LogP contribution in [0, 0.1) is 0 Å². The lowest BCUT2D eigenvalue weighted by Crippen LogP contribution is -1.94. The van der Waals surface area contributed by atoms with Gasteiger partial charge in [-0.25, -0.2) is 4.79 Å². The molecule has 0 fully saturated rings. The van der Waals surface area contributed by atoms with Gasteiger partial charge < -0.3 is 9.52 Å². The van der Waals surface area contributed by atoms with E-state index in [4.69, 9.17) is 4.42 Å². The number of hydrogen-bond donors (Lipinski definition) is 1. The molecule has 108 valence electrons. The normalized spacial score (nSPS) is 11.1. The van der Waals surface area contributed by atoms with Crippen LogP contribution in [-0.4, -0.2) is 10.9 Å². The van der Waals surface area contributed by atoms with E-state index < -0.39 is 5.63 Å². The summed E-state index contributed by atoms with van der Waals surface area (Å²) in [5.41, 5.74) is 1.45. The van der Waals surface area contributed by atoms with Crippen molar-refractivity contribution in [1.82, 2.24) is 0 Å². The molecule has 0 atom stereocenters. The molecule has 3 aromatic rings. The lowest BCUT2D eigenvalue weighted by Gasteiger charge is -1.99. The van der Waals surface area contributed by atoms with E-state index in [0.29, 0.717) is 11.1 Å². The van der Waals surface area contributed by atoms with Crippen LogP contribution in [0.3, 0.4) is 0 Å². The summed E-state index contributed by atoms with van der Waals surface area (Å²) < 4.78 is 5.05. The van der Waals surface area contributed by atoms with E-state index in [2.05, 4.69) is 0 Å². The first kappa shape index (κ1) is 13.8. The maximum atomic E-state index is 12.0. The average molecular weight is 292 g/mol. The van der Waals surface area contributed by atoms with Crippen molar-refractivity contribution in [3.05, 3.63) is 82.2 Å². The van der Waals surface area contributed by atoms with E-state index in [0.717, 1.165) is 10.9 Å². The number of phenolic OH excluding ortho intramolecular Hbond substituents is 1. The highest BCUT2D eigenvalue weighted by atomic mass is 16.4. The summed E-state index contributed by atoms with van der Waals surface area (Å²) in [4.78, 5) is 23.1. The number of hydrogen-bond acceptors (Lipinski definition) is 4. The number of benzene rings is 2. The number of aromatic hydroxyl groups is 1. The van der Waals surface area contributed by atoms with Crippen LogP contribution < -0.4 is 5.63 Å². The quantitative estimate of drug-likeness (QED) is 0.456. The molecule has 1 heterocycles. The second-order valence-corrected chi connectivity index (χ2v) is 4.80. The van der Waals surface area contributed by atoms with E-state index in [1.165, 1.54) is 24.3 Å². The molecule has 2 aromatic carbocycles. The third kappa shape index (κ3) is 2.96. The Hall–Kier alpha value is -3.14. The van der Waals surface area contributed by atoms with Crippen LogP contribution in [0.4, 0.5) is 0 Å². The second-order valence-electron chi connectivity index (χ2n) is 4.80. The van der Waals surface area contributed by atoms with E-state index in [-0.39, 0.29) is 11.5 Å². The van der Waals surface area contributed by atoms with Gasteiger partial charge in [0.2, 0.25) is 0 Å². The van der Waals surface area contributed by atoms with Gasteiger partial charge in [-0.3, -0.25) is 4.79 Å². The van der Waals surface area contributed by atoms with Crippen LogP contribution in [0.2, 0.25) is 0 Å². The predicted molar refractivity (Wildman–Crippen MR) is 84.0 cm³/mol. The van der Waals surface area contributed by atoms with Crippen molar-refractivity contribution in [3.63, 3.8) is 0 Å². The highest BCUT2D eigenvalue weighted by Gasteiger charge is 2.02. The number of carbonyl (C=O) groups is 1. The summed E-state index contributed by atoms with van der Waals surface area (Å²) in [6.45, 7) is 0. The monoisotopic (exact) mass is 292 g/mol. The molecule has 0 aliphatic rings. The number of phenols is 1. The molecule has 1 aromatic heterocycles. The molecule has 0 aliphatic heterocycles. The maximum absolute atomic E-state index is 12.0. The number of fused-ring (bicyclic) bond motifs is 1. The van der Waals surface area contributed by atoms with Gasteiger partial charge in [0.25, 0.3) is 0 Å². The molecular formula is C18H12O4. The number of allylic oxidation sites excluding steroid dienone is 1. The smallest absolute Gasteiger partial charge is 0.336 e. The molecule has 4 nitrogen and oxygen atoms in total. The molecule has 0 spiro atoms. The summed E-state index contributed by atoms with van der Waals surface area (Å²) >= 11 is 0. The number of rotatable bonds is 3. The van der Waals surface area contributed by atoms with Crippen molar-refractivity contribution in [2.75, 3.05) is 0 Å². The van der Waals surface area contributed by atoms with Gasteiger partial charge in [0, 0.05) is 17.0 Å². The van der Waals surface area contributed by atoms with Crippen LogP contribution in [0.15, 0.2) is 69.9 Å². The standard InChI is InChI=1S/C18H12O4/c19-15-6-3-13(4-7-15)16(20)8-1-12-2-9-17-14(11-12)5-10-18(21)22-17/h1-11,19H. The first-order valence-electron chi connectivity index (χ1n) is 6.67. The van der Waals surface area contributed by atoms with Crippen molar-refractivity contribution in [2.45, 2.75) is 0 Å². The molecular weight excluding hydrogens is 280 g/mol. The van der Waals surface area contributed by atoms with Crippen LogP contribution in [0.5, 0.6) is 5.75 Å². The summed E-state index contributed by atoms with van der Waals surface area (Å²) in [6, 6.07) is 14.4. The van der Waals surface area contributed by atoms with Crippen molar-refractivity contribution < 1.29 is 14.3 Å². The van der Waals surface area contributed by atoms with Gasteiger partial charge >= 0.3 is 5.63 Å². The molecule has 3 rings (SSSR count). The lowest BCUT2D eigenvalue weighted by molar-refractivity contribution is 0.104. The Morgan fingerprint density at radius 3 is 2.55 bits per heavy atom. The molecule has 0 unspecified atom stereocenters. The number of carbonyl (C=O) groups excluding carboxylic acids is 1. The van der Waals surface area contributed by atoms with Gasteiger partial charge in [0.15, 0.2) is 5.78 Å². The Bertz CT molecular complexity index is 918. The van der Waals surface area contributed by atoms with E-state index in [9.17, 15) is 14.7 Å². The first-order valence-corrected chi connectivity index (χ1v) is 6.67. The van der Waals surface area contributed by atoms with E-state index in [1.54, 1.807) is 36.4 Å². The fourth-order valence-electron chi connectivity index (χ4n) is 2.09. The Morgan fingerprint density at radius 2 is 1.77 bits per heavy atom. The van der Waals surface area contributed by atoms with E-state index >= 15 is 0 Å². The molecule has 0 saturated carbocycles. The third-order valence-electron chi connectivity index (χ3n) is 3.22. The van der Waals surface area contributed by atoms with Gasteiger partial charge in [-0.1, -0.05) is 12.1 Å². The Labute approximate surface area is 125 Å². The van der Waals surface area contributed by atoms with Gasteiger partial charge in [0.05, 0.1) is 0 Å². The van der Waals surface area contributed by atoms with Crippen LogP contribution in [-0.2, 0) is 0 Å². The summed E-state index contributed by atoms with van der Waals surface area (Å²) in [5, 5.41) is 10.00. The van der Waals surface area contributed by atoms with Crippen LogP contribution in [0.25, 0.3) is 17.0 Å². The van der Waals surface area contributed by atoms with Gasteiger partial charge in [0.1, 0.15) is 11.3 Å². The zero-order valence-electron chi connectivity index (χ0n) is 11.5. The van der Waals surface area contributed by atoms with Crippen molar-refractivity contribution in [3.8, 4) is 5.75 Å². The van der Waals surface area contributed by atoms with E-state index in [1.807, 2.05) is 6.07 Å².